The predicted octanol–water partition coefficient (Wildman–Crippen LogP) is 5.05. The minimum atomic E-state index is -4.25. The highest BCUT2D eigenvalue weighted by atomic mass is 35.5. The highest BCUT2D eigenvalue weighted by Gasteiger charge is 2.33. The zero-order chi connectivity index (χ0) is 24.6. The van der Waals surface area contributed by atoms with Crippen molar-refractivity contribution in [1.82, 2.24) is 14.3 Å². The third-order valence-electron chi connectivity index (χ3n) is 5.34. The lowest BCUT2D eigenvalue weighted by Crippen LogP contribution is -2.44. The van der Waals surface area contributed by atoms with Crippen molar-refractivity contribution in [3.63, 3.8) is 0 Å². The van der Waals surface area contributed by atoms with E-state index in [2.05, 4.69) is 15.0 Å². The number of halogens is 4. The molecular weight excluding hydrogens is 485 g/mol. The Bertz CT molecular complexity index is 1130. The fourth-order valence-corrected chi connectivity index (χ4v) is 5.04. The number of sulfonamides is 1. The van der Waals surface area contributed by atoms with Gasteiger partial charge >= 0.3 is 0 Å². The maximum Gasteiger partial charge on any atom is 0.273 e. The van der Waals surface area contributed by atoms with Crippen LogP contribution in [-0.2, 0) is 17.1 Å². The van der Waals surface area contributed by atoms with E-state index in [-0.39, 0.29) is 22.3 Å². The van der Waals surface area contributed by atoms with Crippen LogP contribution in [0.5, 0.6) is 0 Å². The Balaban J connectivity index is 2.47. The zero-order valence-electron chi connectivity index (χ0n) is 18.6. The summed E-state index contributed by atoms with van der Waals surface area (Å²) in [6, 6.07) is -1.06. The van der Waals surface area contributed by atoms with Gasteiger partial charge in [-0.1, -0.05) is 37.0 Å². The van der Waals surface area contributed by atoms with Crippen LogP contribution in [-0.4, -0.2) is 35.6 Å². The van der Waals surface area contributed by atoms with Gasteiger partial charge in [-0.3, -0.25) is 4.79 Å². The lowest BCUT2D eigenvalue weighted by molar-refractivity contribution is 0.101. The number of carbonyl (C=O) groups excluding carboxylic acids is 1. The van der Waals surface area contributed by atoms with E-state index in [1.54, 1.807) is 0 Å². The summed E-state index contributed by atoms with van der Waals surface area (Å²) in [7, 11) is -2.84. The third-order valence-corrected chi connectivity index (χ3v) is 7.65. The van der Waals surface area contributed by atoms with E-state index in [0.717, 1.165) is 6.20 Å². The number of hydrogen-bond donors (Lipinski definition) is 2. The number of aromatic nitrogens is 2. The van der Waals surface area contributed by atoms with Crippen LogP contribution in [0.15, 0.2) is 17.3 Å². The maximum atomic E-state index is 14.7. The van der Waals surface area contributed by atoms with Gasteiger partial charge in [0.05, 0.1) is 16.8 Å². The Morgan fingerprint density at radius 3 is 2.44 bits per heavy atom. The number of hydrogen-bond acceptors (Lipinski definition) is 4. The van der Waals surface area contributed by atoms with E-state index in [0.29, 0.717) is 12.0 Å². The van der Waals surface area contributed by atoms with Gasteiger partial charge in [0.15, 0.2) is 11.0 Å². The molecule has 0 fully saturated rings. The highest BCUT2D eigenvalue weighted by molar-refractivity contribution is 7.89. The number of nitrogens with one attached hydrogen (secondary N) is 2. The highest BCUT2D eigenvalue weighted by Crippen LogP contribution is 2.33. The summed E-state index contributed by atoms with van der Waals surface area (Å²) >= 11 is 12.0. The molecule has 32 heavy (non-hydrogen) atoms. The smallest absolute Gasteiger partial charge is 0.273 e. The number of rotatable bonds is 8. The van der Waals surface area contributed by atoms with Gasteiger partial charge in [0, 0.05) is 19.4 Å². The number of carbonyl (C=O) groups is 1. The van der Waals surface area contributed by atoms with Crippen LogP contribution in [0.3, 0.4) is 0 Å². The Morgan fingerprint density at radius 1 is 1.31 bits per heavy atom. The van der Waals surface area contributed by atoms with E-state index in [9.17, 15) is 22.0 Å². The summed E-state index contributed by atoms with van der Waals surface area (Å²) in [6.07, 6.45) is 3.15. The number of aryl methyl sites for hydroxylation is 1. The molecule has 0 aliphatic carbocycles. The molecule has 12 heteroatoms. The molecule has 1 amide bonds. The van der Waals surface area contributed by atoms with Crippen molar-refractivity contribution in [2.45, 2.75) is 63.6 Å². The summed E-state index contributed by atoms with van der Waals surface area (Å²) in [6.45, 7) is 7.55. The summed E-state index contributed by atoms with van der Waals surface area (Å²) in [5, 5.41) is 1.65. The fourth-order valence-electron chi connectivity index (χ4n) is 2.82. The Hall–Kier alpha value is -1.75. The van der Waals surface area contributed by atoms with Crippen molar-refractivity contribution in [2.75, 3.05) is 5.32 Å². The van der Waals surface area contributed by atoms with Gasteiger partial charge in [-0.05, 0) is 38.7 Å². The van der Waals surface area contributed by atoms with Crippen LogP contribution in [0, 0.1) is 5.82 Å². The molecule has 2 N–H and O–H groups in total. The standard InChI is InChI=1S/C20H26Cl2F2N4O3S/c1-7-10(2)12-8-25-18(22)15(23)16(12)26-19(29)17-14(21)13(9-28(17)6)32(30,31)27-11(3)20(4,5)24/h8-11,27H,7H2,1-6H3,(H,25,26,29). The van der Waals surface area contributed by atoms with Crippen LogP contribution in [0.4, 0.5) is 14.5 Å². The van der Waals surface area contributed by atoms with E-state index < -0.39 is 43.5 Å². The molecule has 0 aliphatic heterocycles. The van der Waals surface area contributed by atoms with Gasteiger partial charge in [-0.15, -0.1) is 0 Å². The Kier molecular flexibility index (Phi) is 7.97. The largest absolute Gasteiger partial charge is 0.344 e. The zero-order valence-corrected chi connectivity index (χ0v) is 20.9. The molecular formula is C20H26Cl2F2N4O3S. The lowest BCUT2D eigenvalue weighted by Gasteiger charge is -2.23. The second-order valence-electron chi connectivity index (χ2n) is 8.13. The molecule has 2 aromatic rings. The minimum Gasteiger partial charge on any atom is -0.344 e. The molecule has 0 saturated carbocycles. The van der Waals surface area contributed by atoms with E-state index in [1.807, 2.05) is 13.8 Å². The molecule has 0 spiro atoms. The quantitative estimate of drug-likeness (QED) is 0.486. The summed E-state index contributed by atoms with van der Waals surface area (Å²) in [5.74, 6) is -1.89. The Morgan fingerprint density at radius 2 is 1.91 bits per heavy atom. The Labute approximate surface area is 196 Å². The molecule has 2 atom stereocenters. The summed E-state index contributed by atoms with van der Waals surface area (Å²) < 4.78 is 57.7. The van der Waals surface area contributed by atoms with E-state index >= 15 is 0 Å². The number of alkyl halides is 1. The van der Waals surface area contributed by atoms with Gasteiger partial charge in [0.2, 0.25) is 10.0 Å². The lowest BCUT2D eigenvalue weighted by atomic mass is 9.98. The molecule has 0 aromatic carbocycles. The van der Waals surface area contributed by atoms with Gasteiger partial charge < -0.3 is 9.88 Å². The molecule has 7 nitrogen and oxygen atoms in total. The van der Waals surface area contributed by atoms with Gasteiger partial charge in [0.25, 0.3) is 5.91 Å². The molecule has 0 radical (unpaired) electrons. The normalized spacial score (nSPS) is 14.3. The first-order valence-corrected chi connectivity index (χ1v) is 12.1. The molecule has 0 saturated heterocycles. The van der Waals surface area contributed by atoms with Gasteiger partial charge in [-0.2, -0.15) is 0 Å². The first kappa shape index (κ1) is 26.5. The maximum absolute atomic E-state index is 14.7. The van der Waals surface area contributed by atoms with Crippen molar-refractivity contribution in [3.8, 4) is 0 Å². The molecule has 0 bridgehead atoms. The van der Waals surface area contributed by atoms with Gasteiger partial charge in [-0.25, -0.2) is 26.9 Å². The second kappa shape index (κ2) is 9.62. The monoisotopic (exact) mass is 510 g/mol. The van der Waals surface area contributed by atoms with E-state index in [4.69, 9.17) is 23.2 Å². The minimum absolute atomic E-state index is 0.140. The van der Waals surface area contributed by atoms with E-state index in [1.165, 1.54) is 38.6 Å². The second-order valence-corrected chi connectivity index (χ2v) is 10.5. The molecule has 178 valence electrons. The fraction of sp³-hybridized carbons (Fsp3) is 0.500. The summed E-state index contributed by atoms with van der Waals surface area (Å²) in [4.78, 5) is 16.4. The molecule has 2 unspecified atom stereocenters. The topological polar surface area (TPSA) is 93.1 Å². The van der Waals surface area contributed by atoms with Gasteiger partial charge in [0.1, 0.15) is 16.3 Å². The van der Waals surface area contributed by atoms with Crippen molar-refractivity contribution in [2.24, 2.45) is 7.05 Å². The van der Waals surface area contributed by atoms with Crippen LogP contribution < -0.4 is 10.0 Å². The molecule has 2 heterocycles. The molecule has 2 aromatic heterocycles. The number of nitrogens with zero attached hydrogens (tertiary/aromatic N) is 2. The van der Waals surface area contributed by atoms with Crippen molar-refractivity contribution in [3.05, 3.63) is 39.6 Å². The van der Waals surface area contributed by atoms with Crippen LogP contribution in [0.1, 0.15) is 63.0 Å². The first-order valence-electron chi connectivity index (χ1n) is 9.83. The first-order chi connectivity index (χ1) is 14.6. The predicted molar refractivity (Wildman–Crippen MR) is 121 cm³/mol. The van der Waals surface area contributed by atoms with Crippen LogP contribution in [0.2, 0.25) is 10.2 Å². The SMILES string of the molecule is CCC(C)c1cnc(Cl)c(F)c1NC(=O)c1c(Cl)c(S(=O)(=O)NC(C)C(C)(C)F)cn1C. The number of pyridine rings is 1. The third kappa shape index (κ3) is 5.41. The van der Waals surface area contributed by atoms with Crippen LogP contribution in [0.25, 0.3) is 0 Å². The van der Waals surface area contributed by atoms with Crippen LogP contribution >= 0.6 is 23.2 Å². The average Bonchev–Trinajstić information content (AvgIpc) is 2.99. The van der Waals surface area contributed by atoms with Crippen molar-refractivity contribution >= 4 is 44.8 Å². The number of amides is 1. The van der Waals surface area contributed by atoms with Crippen molar-refractivity contribution in [1.29, 1.82) is 0 Å². The molecule has 0 aliphatic rings. The number of anilines is 1. The average molecular weight is 511 g/mol. The molecule has 2 rings (SSSR count). The van der Waals surface area contributed by atoms with Crippen molar-refractivity contribution < 1.29 is 22.0 Å². The summed E-state index contributed by atoms with van der Waals surface area (Å²) in [5.41, 5.74) is -1.78.